The van der Waals surface area contributed by atoms with Crippen molar-refractivity contribution in [3.05, 3.63) is 77.4 Å². The smallest absolute Gasteiger partial charge is 0.307 e. The van der Waals surface area contributed by atoms with E-state index in [1.54, 1.807) is 11.8 Å². The number of benzene rings is 3. The van der Waals surface area contributed by atoms with Crippen molar-refractivity contribution in [1.82, 2.24) is 4.57 Å². The Morgan fingerprint density at radius 3 is 2.52 bits per heavy atom. The highest BCUT2D eigenvalue weighted by Gasteiger charge is 2.19. The molecule has 0 aliphatic carbocycles. The number of fused-ring (bicyclic) bond motifs is 3. The van der Waals surface area contributed by atoms with E-state index in [4.69, 9.17) is 0 Å². The first kappa shape index (κ1) is 19.6. The van der Waals surface area contributed by atoms with Gasteiger partial charge in [-0.3, -0.25) is 4.79 Å². The average Bonchev–Trinajstić information content (AvgIpc) is 3.04. The molecule has 0 saturated carbocycles. The second-order valence-corrected chi connectivity index (χ2v) is 8.25. The molecule has 3 aromatic carbocycles. The highest BCUT2D eigenvalue weighted by molar-refractivity contribution is 7.98. The third kappa shape index (κ3) is 3.77. The first-order chi connectivity index (χ1) is 14.1. The molecule has 4 rings (SSSR count). The molecular formula is C25H25NO2S. The van der Waals surface area contributed by atoms with Gasteiger partial charge in [-0.2, -0.15) is 0 Å². The summed E-state index contributed by atoms with van der Waals surface area (Å²) in [6.45, 7) is 3.00. The monoisotopic (exact) mass is 403 g/mol. The number of carboxylic acids is 1. The van der Waals surface area contributed by atoms with Gasteiger partial charge in [-0.05, 0) is 48.8 Å². The fraction of sp³-hybridized carbons (Fsp3) is 0.240. The van der Waals surface area contributed by atoms with E-state index >= 15 is 0 Å². The molecule has 0 saturated heterocycles. The van der Waals surface area contributed by atoms with Crippen LogP contribution in [0.2, 0.25) is 0 Å². The highest BCUT2D eigenvalue weighted by atomic mass is 32.2. The van der Waals surface area contributed by atoms with Gasteiger partial charge in [0.15, 0.2) is 0 Å². The maximum atomic E-state index is 11.5. The number of aromatic nitrogens is 1. The van der Waals surface area contributed by atoms with Crippen LogP contribution >= 0.6 is 11.8 Å². The van der Waals surface area contributed by atoms with Crippen LogP contribution in [0, 0.1) is 6.92 Å². The van der Waals surface area contributed by atoms with Crippen molar-refractivity contribution in [3.8, 4) is 0 Å². The molecule has 0 spiro atoms. The lowest BCUT2D eigenvalue weighted by Gasteiger charge is -2.14. The Balaban J connectivity index is 1.86. The van der Waals surface area contributed by atoms with Gasteiger partial charge < -0.3 is 9.67 Å². The molecular weight excluding hydrogens is 378 g/mol. The second-order valence-electron chi connectivity index (χ2n) is 7.44. The van der Waals surface area contributed by atoms with Crippen molar-refractivity contribution in [2.75, 3.05) is 6.26 Å². The summed E-state index contributed by atoms with van der Waals surface area (Å²) in [4.78, 5) is 12.5. The molecule has 3 nitrogen and oxygen atoms in total. The highest BCUT2D eigenvalue weighted by Crippen LogP contribution is 2.39. The first-order valence-corrected chi connectivity index (χ1v) is 11.2. The van der Waals surface area contributed by atoms with E-state index in [0.29, 0.717) is 0 Å². The van der Waals surface area contributed by atoms with Gasteiger partial charge in [0.25, 0.3) is 0 Å². The number of aryl methyl sites for hydroxylation is 3. The van der Waals surface area contributed by atoms with Crippen LogP contribution in [0.4, 0.5) is 0 Å². The second kappa shape index (κ2) is 8.34. The number of nitrogens with zero attached hydrogens (tertiary/aromatic N) is 1. The van der Waals surface area contributed by atoms with Crippen LogP contribution in [-0.4, -0.2) is 21.9 Å². The summed E-state index contributed by atoms with van der Waals surface area (Å²) in [6.07, 6.45) is 4.16. The predicted molar refractivity (Wildman–Crippen MR) is 122 cm³/mol. The Morgan fingerprint density at radius 1 is 1.07 bits per heavy atom. The normalized spacial score (nSPS) is 11.4. The molecule has 29 heavy (non-hydrogen) atoms. The third-order valence-corrected chi connectivity index (χ3v) is 6.36. The molecule has 148 valence electrons. The number of hydrogen-bond acceptors (Lipinski definition) is 2. The molecule has 1 heterocycles. The number of hydrogen-bond donors (Lipinski definition) is 1. The van der Waals surface area contributed by atoms with Gasteiger partial charge in [-0.1, -0.05) is 54.6 Å². The lowest BCUT2D eigenvalue weighted by Crippen LogP contribution is -2.05. The summed E-state index contributed by atoms with van der Waals surface area (Å²) < 4.78 is 2.40. The van der Waals surface area contributed by atoms with Gasteiger partial charge in [-0.15, -0.1) is 11.8 Å². The van der Waals surface area contributed by atoms with Gasteiger partial charge in [0.2, 0.25) is 0 Å². The Bertz CT molecular complexity index is 1180. The molecule has 0 bridgehead atoms. The van der Waals surface area contributed by atoms with E-state index < -0.39 is 5.97 Å². The van der Waals surface area contributed by atoms with E-state index in [2.05, 4.69) is 66.1 Å². The number of aliphatic carboxylic acids is 1. The Labute approximate surface area is 175 Å². The fourth-order valence-electron chi connectivity index (χ4n) is 4.33. The molecule has 0 fully saturated rings. The van der Waals surface area contributed by atoms with E-state index in [-0.39, 0.29) is 6.42 Å². The van der Waals surface area contributed by atoms with E-state index in [0.717, 1.165) is 35.4 Å². The van der Waals surface area contributed by atoms with Gasteiger partial charge in [-0.25, -0.2) is 0 Å². The molecule has 0 amide bonds. The number of para-hydroxylation sites is 1. The lowest BCUT2D eigenvalue weighted by atomic mass is 10.0. The van der Waals surface area contributed by atoms with Crippen LogP contribution in [-0.2, 0) is 24.2 Å². The minimum atomic E-state index is -0.786. The fourth-order valence-corrected chi connectivity index (χ4v) is 5.13. The number of thioether (sulfide) groups is 1. The van der Waals surface area contributed by atoms with Crippen LogP contribution in [0.1, 0.15) is 23.1 Å². The summed E-state index contributed by atoms with van der Waals surface area (Å²) in [6, 6.07) is 21.2. The van der Waals surface area contributed by atoms with Crippen LogP contribution in [0.3, 0.4) is 0 Å². The maximum absolute atomic E-state index is 11.5. The summed E-state index contributed by atoms with van der Waals surface area (Å²) >= 11 is 1.65. The van der Waals surface area contributed by atoms with E-state index in [1.165, 1.54) is 27.4 Å². The molecule has 0 unspecified atom stereocenters. The third-order valence-electron chi connectivity index (χ3n) is 5.50. The van der Waals surface area contributed by atoms with Crippen molar-refractivity contribution in [2.45, 2.75) is 37.6 Å². The number of carbonyl (C=O) groups is 1. The molecule has 4 heteroatoms. The molecule has 0 atom stereocenters. The molecule has 0 aliphatic heterocycles. The Hall–Kier alpha value is -2.72. The molecule has 0 aliphatic rings. The van der Waals surface area contributed by atoms with Gasteiger partial charge in [0, 0.05) is 27.7 Å². The van der Waals surface area contributed by atoms with Gasteiger partial charge in [0.1, 0.15) is 0 Å². The van der Waals surface area contributed by atoms with Crippen LogP contribution in [0.15, 0.2) is 65.6 Å². The van der Waals surface area contributed by atoms with E-state index in [1.807, 2.05) is 12.3 Å². The summed E-state index contributed by atoms with van der Waals surface area (Å²) in [7, 11) is 0. The zero-order valence-corrected chi connectivity index (χ0v) is 17.6. The summed E-state index contributed by atoms with van der Waals surface area (Å²) in [5.41, 5.74) is 5.81. The van der Waals surface area contributed by atoms with Crippen molar-refractivity contribution in [1.29, 1.82) is 0 Å². The largest absolute Gasteiger partial charge is 0.481 e. The van der Waals surface area contributed by atoms with Gasteiger partial charge >= 0.3 is 5.97 Å². The summed E-state index contributed by atoms with van der Waals surface area (Å²) in [5, 5.41) is 11.9. The Kier molecular flexibility index (Phi) is 5.63. The van der Waals surface area contributed by atoms with E-state index in [9.17, 15) is 9.90 Å². The van der Waals surface area contributed by atoms with Crippen LogP contribution < -0.4 is 0 Å². The molecule has 1 N–H and O–H groups in total. The Morgan fingerprint density at radius 2 is 1.79 bits per heavy atom. The average molecular weight is 404 g/mol. The van der Waals surface area contributed by atoms with Crippen LogP contribution in [0.5, 0.6) is 0 Å². The molecule has 1 aromatic heterocycles. The number of carboxylic acid groups (broad SMARTS) is 1. The standard InChI is InChI=1S/C25H25NO2S/c1-17-15-19(16-22(27)28)25(29-2)24-23(17)20-12-6-7-13-21(20)26(24)14-8-11-18-9-4-3-5-10-18/h3-7,9-10,12-13,15H,8,11,14,16H2,1-2H3,(H,27,28). The van der Waals surface area contributed by atoms with Crippen molar-refractivity contribution < 1.29 is 9.90 Å². The minimum Gasteiger partial charge on any atom is -0.481 e. The maximum Gasteiger partial charge on any atom is 0.307 e. The van der Waals surface area contributed by atoms with Crippen molar-refractivity contribution in [2.24, 2.45) is 0 Å². The van der Waals surface area contributed by atoms with Gasteiger partial charge in [0.05, 0.1) is 11.9 Å². The van der Waals surface area contributed by atoms with Crippen molar-refractivity contribution >= 4 is 39.5 Å². The molecule has 0 radical (unpaired) electrons. The minimum absolute atomic E-state index is 0.0541. The summed E-state index contributed by atoms with van der Waals surface area (Å²) in [5.74, 6) is -0.786. The zero-order chi connectivity index (χ0) is 20.4. The molecule has 4 aromatic rings. The van der Waals surface area contributed by atoms with Crippen LogP contribution in [0.25, 0.3) is 21.8 Å². The topological polar surface area (TPSA) is 42.2 Å². The predicted octanol–water partition coefficient (Wildman–Crippen LogP) is 6.08. The number of rotatable bonds is 7. The quantitative estimate of drug-likeness (QED) is 0.380. The zero-order valence-electron chi connectivity index (χ0n) is 16.8. The lowest BCUT2D eigenvalue weighted by molar-refractivity contribution is -0.136. The first-order valence-electron chi connectivity index (χ1n) is 9.93. The van der Waals surface area contributed by atoms with Crippen molar-refractivity contribution in [3.63, 3.8) is 0 Å². The SMILES string of the molecule is CSc1c(CC(=O)O)cc(C)c2c3ccccc3n(CCCc3ccccc3)c12.